The molecule has 0 radical (unpaired) electrons. The zero-order valence-corrected chi connectivity index (χ0v) is 11.0. The Hall–Kier alpha value is -1.46. The summed E-state index contributed by atoms with van der Waals surface area (Å²) in [7, 11) is 0. The monoisotopic (exact) mass is 290 g/mol. The van der Waals surface area contributed by atoms with E-state index < -0.39 is 17.9 Å². The van der Waals surface area contributed by atoms with E-state index in [2.05, 4.69) is 10.6 Å². The summed E-state index contributed by atoms with van der Waals surface area (Å²) < 4.78 is 0. The molecule has 18 heavy (non-hydrogen) atoms. The van der Waals surface area contributed by atoms with Crippen LogP contribution in [0.4, 0.5) is 5.69 Å². The fourth-order valence-electron chi connectivity index (χ4n) is 1.29. The van der Waals surface area contributed by atoms with Crippen LogP contribution in [-0.4, -0.2) is 29.6 Å². The second-order valence-electron chi connectivity index (χ2n) is 3.60. The largest absolute Gasteiger partial charge is 0.480 e. The highest BCUT2D eigenvalue weighted by Crippen LogP contribution is 2.25. The first-order chi connectivity index (χ1) is 8.40. The number of hydrogen-bond donors (Lipinski definition) is 3. The average Bonchev–Trinajstić information content (AvgIpc) is 2.25. The third-order valence-corrected chi connectivity index (χ3v) is 2.65. The van der Waals surface area contributed by atoms with E-state index in [-0.39, 0.29) is 6.54 Å². The molecule has 3 N–H and O–H groups in total. The quantitative estimate of drug-likeness (QED) is 0.775. The standard InChI is InChI=1S/C11H12Cl2N2O3/c1-6(16)15-10(11(17)18)5-14-9-3-2-7(12)4-8(9)13/h2-4,10,14H,5H2,1H3,(H,15,16)(H,17,18). The Balaban J connectivity index is 2.66. The second kappa shape index (κ2) is 6.47. The van der Waals surface area contributed by atoms with Gasteiger partial charge in [-0.2, -0.15) is 0 Å². The molecule has 1 amide bonds. The Morgan fingerprint density at radius 2 is 2.06 bits per heavy atom. The van der Waals surface area contributed by atoms with Crippen LogP contribution in [-0.2, 0) is 9.59 Å². The Kier molecular flexibility index (Phi) is 5.25. The number of hydrogen-bond acceptors (Lipinski definition) is 3. The molecule has 1 aromatic carbocycles. The van der Waals surface area contributed by atoms with E-state index in [1.165, 1.54) is 6.92 Å². The van der Waals surface area contributed by atoms with Gasteiger partial charge in [0.1, 0.15) is 6.04 Å². The zero-order valence-electron chi connectivity index (χ0n) is 9.54. The number of aliphatic carboxylic acids is 1. The molecule has 1 unspecified atom stereocenters. The van der Waals surface area contributed by atoms with Crippen molar-refractivity contribution in [1.29, 1.82) is 0 Å². The third kappa shape index (κ3) is 4.43. The fraction of sp³-hybridized carbons (Fsp3) is 0.273. The summed E-state index contributed by atoms with van der Waals surface area (Å²) in [4.78, 5) is 21.7. The van der Waals surface area contributed by atoms with Crippen LogP contribution in [0.3, 0.4) is 0 Å². The lowest BCUT2D eigenvalue weighted by Crippen LogP contribution is -2.44. The number of anilines is 1. The SMILES string of the molecule is CC(=O)NC(CNc1ccc(Cl)cc1Cl)C(=O)O. The summed E-state index contributed by atoms with van der Waals surface area (Å²) in [5.41, 5.74) is 0.553. The molecule has 7 heteroatoms. The minimum atomic E-state index is -1.12. The number of rotatable bonds is 5. The molecule has 0 saturated carbocycles. The van der Waals surface area contributed by atoms with Crippen molar-refractivity contribution in [2.75, 3.05) is 11.9 Å². The van der Waals surface area contributed by atoms with Gasteiger partial charge in [-0.25, -0.2) is 4.79 Å². The van der Waals surface area contributed by atoms with Gasteiger partial charge in [-0.15, -0.1) is 0 Å². The van der Waals surface area contributed by atoms with Crippen LogP contribution in [0.25, 0.3) is 0 Å². The van der Waals surface area contributed by atoms with Gasteiger partial charge in [-0.05, 0) is 18.2 Å². The van der Waals surface area contributed by atoms with Gasteiger partial charge in [0.25, 0.3) is 0 Å². The number of carboxylic acid groups (broad SMARTS) is 1. The number of amides is 1. The molecule has 0 aromatic heterocycles. The van der Waals surface area contributed by atoms with Crippen molar-refractivity contribution >= 4 is 40.8 Å². The Morgan fingerprint density at radius 1 is 1.39 bits per heavy atom. The normalized spacial score (nSPS) is 11.7. The second-order valence-corrected chi connectivity index (χ2v) is 4.44. The first-order valence-electron chi connectivity index (χ1n) is 5.09. The molecule has 0 aliphatic rings. The zero-order chi connectivity index (χ0) is 13.7. The molecule has 0 fully saturated rings. The molecular formula is C11H12Cl2N2O3. The van der Waals surface area contributed by atoms with Gasteiger partial charge in [-0.1, -0.05) is 23.2 Å². The van der Waals surface area contributed by atoms with Gasteiger partial charge in [-0.3, -0.25) is 4.79 Å². The van der Waals surface area contributed by atoms with Crippen LogP contribution in [0, 0.1) is 0 Å². The maximum atomic E-state index is 10.9. The predicted octanol–water partition coefficient (Wildman–Crippen LogP) is 1.99. The van der Waals surface area contributed by atoms with Crippen LogP contribution in [0.5, 0.6) is 0 Å². The molecule has 1 rings (SSSR count). The van der Waals surface area contributed by atoms with Crippen molar-refractivity contribution in [3.63, 3.8) is 0 Å². The van der Waals surface area contributed by atoms with E-state index in [4.69, 9.17) is 28.3 Å². The number of carbonyl (C=O) groups excluding carboxylic acids is 1. The number of halogens is 2. The lowest BCUT2D eigenvalue weighted by atomic mass is 10.2. The van der Waals surface area contributed by atoms with Gasteiger partial charge in [0, 0.05) is 18.5 Å². The van der Waals surface area contributed by atoms with E-state index >= 15 is 0 Å². The summed E-state index contributed by atoms with van der Waals surface area (Å²) >= 11 is 11.7. The number of carboxylic acids is 1. The summed E-state index contributed by atoms with van der Waals surface area (Å²) in [5, 5.41) is 14.9. The first-order valence-corrected chi connectivity index (χ1v) is 5.84. The smallest absolute Gasteiger partial charge is 0.328 e. The summed E-state index contributed by atoms with van der Waals surface area (Å²) in [5.74, 6) is -1.53. The summed E-state index contributed by atoms with van der Waals surface area (Å²) in [6, 6.07) is 3.79. The lowest BCUT2D eigenvalue weighted by molar-refractivity contribution is -0.141. The van der Waals surface area contributed by atoms with E-state index in [0.717, 1.165) is 0 Å². The van der Waals surface area contributed by atoms with Crippen molar-refractivity contribution in [2.24, 2.45) is 0 Å². The lowest BCUT2D eigenvalue weighted by Gasteiger charge is -2.15. The molecule has 0 spiro atoms. The van der Waals surface area contributed by atoms with Gasteiger partial charge in [0.2, 0.25) is 5.91 Å². The highest BCUT2D eigenvalue weighted by molar-refractivity contribution is 6.36. The van der Waals surface area contributed by atoms with Gasteiger partial charge in [0.15, 0.2) is 0 Å². The van der Waals surface area contributed by atoms with Gasteiger partial charge < -0.3 is 15.7 Å². The molecule has 0 aliphatic carbocycles. The molecule has 0 bridgehead atoms. The van der Waals surface area contributed by atoms with Crippen LogP contribution < -0.4 is 10.6 Å². The predicted molar refractivity (Wildman–Crippen MR) is 70.2 cm³/mol. The Bertz CT molecular complexity index is 466. The number of benzene rings is 1. The highest BCUT2D eigenvalue weighted by Gasteiger charge is 2.18. The molecule has 0 heterocycles. The molecule has 98 valence electrons. The number of nitrogens with one attached hydrogen (secondary N) is 2. The highest BCUT2D eigenvalue weighted by atomic mass is 35.5. The molecule has 5 nitrogen and oxygen atoms in total. The Labute approximate surface area is 114 Å². The van der Waals surface area contributed by atoms with Crippen molar-refractivity contribution < 1.29 is 14.7 Å². The maximum Gasteiger partial charge on any atom is 0.328 e. The van der Waals surface area contributed by atoms with Crippen molar-refractivity contribution in [2.45, 2.75) is 13.0 Å². The molecule has 0 saturated heterocycles. The molecule has 1 aromatic rings. The van der Waals surface area contributed by atoms with Crippen LogP contribution >= 0.6 is 23.2 Å². The van der Waals surface area contributed by atoms with Gasteiger partial charge in [0.05, 0.1) is 10.7 Å². The van der Waals surface area contributed by atoms with Crippen LogP contribution in [0.2, 0.25) is 10.0 Å². The first kappa shape index (κ1) is 14.6. The van der Waals surface area contributed by atoms with Crippen molar-refractivity contribution in [3.05, 3.63) is 28.2 Å². The molecule has 1 atom stereocenters. The minimum Gasteiger partial charge on any atom is -0.480 e. The molecular weight excluding hydrogens is 279 g/mol. The topological polar surface area (TPSA) is 78.4 Å². The average molecular weight is 291 g/mol. The maximum absolute atomic E-state index is 10.9. The third-order valence-electron chi connectivity index (χ3n) is 2.10. The van der Waals surface area contributed by atoms with Crippen LogP contribution in [0.15, 0.2) is 18.2 Å². The van der Waals surface area contributed by atoms with E-state index in [1.54, 1.807) is 18.2 Å². The van der Waals surface area contributed by atoms with E-state index in [9.17, 15) is 9.59 Å². The minimum absolute atomic E-state index is 0.0241. The number of carbonyl (C=O) groups is 2. The summed E-state index contributed by atoms with van der Waals surface area (Å²) in [6.45, 7) is 1.28. The van der Waals surface area contributed by atoms with E-state index in [1.807, 2.05) is 0 Å². The van der Waals surface area contributed by atoms with Gasteiger partial charge >= 0.3 is 5.97 Å². The van der Waals surface area contributed by atoms with E-state index in [0.29, 0.717) is 15.7 Å². The van der Waals surface area contributed by atoms with Crippen molar-refractivity contribution in [1.82, 2.24) is 5.32 Å². The van der Waals surface area contributed by atoms with Crippen molar-refractivity contribution in [3.8, 4) is 0 Å². The van der Waals surface area contributed by atoms with Crippen LogP contribution in [0.1, 0.15) is 6.92 Å². The molecule has 0 aliphatic heterocycles. The summed E-state index contributed by atoms with van der Waals surface area (Å²) in [6.07, 6.45) is 0. The Morgan fingerprint density at radius 3 is 2.56 bits per heavy atom. The fourth-order valence-corrected chi connectivity index (χ4v) is 1.77.